The number of hydrogen-bond acceptors (Lipinski definition) is 5. The molecule has 3 N–H and O–H groups in total. The highest BCUT2D eigenvalue weighted by atomic mass is 32.1. The Balaban J connectivity index is 1.96. The molecule has 110 valence electrons. The van der Waals surface area contributed by atoms with Gasteiger partial charge in [0.15, 0.2) is 0 Å². The number of carboxylic acid groups (broad SMARTS) is 1. The highest BCUT2D eigenvalue weighted by Gasteiger charge is 2.37. The van der Waals surface area contributed by atoms with Gasteiger partial charge in [0.2, 0.25) is 5.13 Å². The number of hydrogen-bond donors (Lipinski definition) is 3. The van der Waals surface area contributed by atoms with Gasteiger partial charge in [-0.25, -0.2) is 4.79 Å². The van der Waals surface area contributed by atoms with Crippen LogP contribution in [0.2, 0.25) is 0 Å². The second kappa shape index (κ2) is 6.17. The summed E-state index contributed by atoms with van der Waals surface area (Å²) in [6.45, 7) is 1.96. The Kier molecular flexibility index (Phi) is 4.53. The van der Waals surface area contributed by atoms with Crippen molar-refractivity contribution in [3.05, 3.63) is 5.01 Å². The van der Waals surface area contributed by atoms with Gasteiger partial charge in [0, 0.05) is 0 Å². The Morgan fingerprint density at radius 2 is 2.05 bits per heavy atom. The molecule has 1 aliphatic rings. The minimum Gasteiger partial charge on any atom is -0.481 e. The molecule has 1 aliphatic carbocycles. The molecule has 0 unspecified atom stereocenters. The van der Waals surface area contributed by atoms with Crippen molar-refractivity contribution in [1.29, 1.82) is 0 Å². The van der Waals surface area contributed by atoms with Crippen LogP contribution in [0.15, 0.2) is 0 Å². The molecule has 1 saturated carbocycles. The molecule has 7 nitrogen and oxygen atoms in total. The molecule has 0 spiro atoms. The minimum absolute atomic E-state index is 0.0449. The second-order valence-corrected chi connectivity index (χ2v) is 6.05. The van der Waals surface area contributed by atoms with Crippen LogP contribution in [0.1, 0.15) is 44.0 Å². The van der Waals surface area contributed by atoms with Crippen LogP contribution in [-0.4, -0.2) is 32.8 Å². The molecular formula is C12H18N4O3S. The number of carboxylic acids is 1. The van der Waals surface area contributed by atoms with E-state index in [0.29, 0.717) is 18.0 Å². The van der Waals surface area contributed by atoms with Crippen LogP contribution in [-0.2, 0) is 11.2 Å². The molecule has 0 aliphatic heterocycles. The fraction of sp³-hybridized carbons (Fsp3) is 0.667. The number of nitrogens with zero attached hydrogens (tertiary/aromatic N) is 2. The summed E-state index contributed by atoms with van der Waals surface area (Å²) in [6, 6.07) is -0.410. The van der Waals surface area contributed by atoms with E-state index in [1.54, 1.807) is 0 Å². The first-order valence-corrected chi connectivity index (χ1v) is 7.48. The molecule has 1 aromatic heterocycles. The second-order valence-electron chi connectivity index (χ2n) is 4.99. The van der Waals surface area contributed by atoms with Gasteiger partial charge < -0.3 is 10.4 Å². The van der Waals surface area contributed by atoms with Crippen molar-refractivity contribution < 1.29 is 14.7 Å². The van der Waals surface area contributed by atoms with Gasteiger partial charge in [-0.05, 0) is 19.3 Å². The van der Waals surface area contributed by atoms with E-state index in [-0.39, 0.29) is 6.42 Å². The monoisotopic (exact) mass is 298 g/mol. The number of carbonyl (C=O) groups excluding carboxylic acids is 1. The van der Waals surface area contributed by atoms with Gasteiger partial charge in [0.1, 0.15) is 5.01 Å². The highest BCUT2D eigenvalue weighted by Crippen LogP contribution is 2.32. The van der Waals surface area contributed by atoms with Gasteiger partial charge >= 0.3 is 12.0 Å². The molecule has 0 radical (unpaired) electrons. The van der Waals surface area contributed by atoms with Crippen molar-refractivity contribution in [3.8, 4) is 0 Å². The summed E-state index contributed by atoms with van der Waals surface area (Å²) in [5, 5.41) is 23.5. The molecular weight excluding hydrogens is 280 g/mol. The van der Waals surface area contributed by atoms with Gasteiger partial charge in [-0.15, -0.1) is 10.2 Å². The molecule has 2 amide bonds. The van der Waals surface area contributed by atoms with E-state index in [1.165, 1.54) is 11.3 Å². The van der Waals surface area contributed by atoms with Crippen molar-refractivity contribution >= 4 is 28.5 Å². The van der Waals surface area contributed by atoms with Crippen molar-refractivity contribution in [2.45, 2.75) is 51.0 Å². The molecule has 2 rings (SSSR count). The zero-order valence-electron chi connectivity index (χ0n) is 11.3. The number of aromatic nitrogens is 2. The smallest absolute Gasteiger partial charge is 0.321 e. The zero-order valence-corrected chi connectivity index (χ0v) is 12.1. The summed E-state index contributed by atoms with van der Waals surface area (Å²) in [5.74, 6) is -0.892. The minimum atomic E-state index is -0.892. The maximum Gasteiger partial charge on any atom is 0.321 e. The van der Waals surface area contributed by atoms with E-state index in [4.69, 9.17) is 5.11 Å². The summed E-state index contributed by atoms with van der Waals surface area (Å²) >= 11 is 1.32. The number of carbonyl (C=O) groups is 2. The lowest BCUT2D eigenvalue weighted by Gasteiger charge is -2.28. The standard InChI is InChI=1S/C12H18N4O3S/c1-2-8-15-16-11(20-8)13-10(19)14-12(7-9(17)18)5-3-4-6-12/h2-7H2,1H3,(H,17,18)(H2,13,14,16,19). The topological polar surface area (TPSA) is 104 Å². The SMILES string of the molecule is CCc1nnc(NC(=O)NC2(CC(=O)O)CCCC2)s1. The predicted molar refractivity (Wildman–Crippen MR) is 74.9 cm³/mol. The normalized spacial score (nSPS) is 16.9. The lowest BCUT2D eigenvalue weighted by Crippen LogP contribution is -2.49. The maximum atomic E-state index is 12.0. The van der Waals surface area contributed by atoms with Crippen LogP contribution in [0.4, 0.5) is 9.93 Å². The van der Waals surface area contributed by atoms with Crippen LogP contribution in [0, 0.1) is 0 Å². The Morgan fingerprint density at radius 3 is 2.60 bits per heavy atom. The molecule has 0 aromatic carbocycles. The first kappa shape index (κ1) is 14.7. The Bertz CT molecular complexity index is 497. The average molecular weight is 298 g/mol. The number of aryl methyl sites for hydroxylation is 1. The van der Waals surface area contributed by atoms with Crippen LogP contribution in [0.5, 0.6) is 0 Å². The van der Waals surface area contributed by atoms with Crippen LogP contribution >= 0.6 is 11.3 Å². The molecule has 0 saturated heterocycles. The third-order valence-corrected chi connectivity index (χ3v) is 4.40. The third-order valence-electron chi connectivity index (χ3n) is 3.42. The number of rotatable bonds is 5. The third kappa shape index (κ3) is 3.66. The first-order valence-electron chi connectivity index (χ1n) is 6.66. The molecule has 1 heterocycles. The van der Waals surface area contributed by atoms with Crippen molar-refractivity contribution in [3.63, 3.8) is 0 Å². The van der Waals surface area contributed by atoms with E-state index in [1.807, 2.05) is 6.92 Å². The Hall–Kier alpha value is -1.70. The van der Waals surface area contributed by atoms with Gasteiger partial charge in [-0.1, -0.05) is 31.1 Å². The van der Waals surface area contributed by atoms with E-state index in [2.05, 4.69) is 20.8 Å². The summed E-state index contributed by atoms with van der Waals surface area (Å²) in [5.41, 5.74) is -0.631. The summed E-state index contributed by atoms with van der Waals surface area (Å²) in [6.07, 6.45) is 3.99. The van der Waals surface area contributed by atoms with E-state index >= 15 is 0 Å². The van der Waals surface area contributed by atoms with Crippen molar-refractivity contribution in [1.82, 2.24) is 15.5 Å². The molecule has 1 aromatic rings. The van der Waals surface area contributed by atoms with E-state index in [9.17, 15) is 9.59 Å². The van der Waals surface area contributed by atoms with Gasteiger partial charge in [-0.3, -0.25) is 10.1 Å². The molecule has 0 bridgehead atoms. The quantitative estimate of drug-likeness (QED) is 0.771. The fourth-order valence-corrected chi connectivity index (χ4v) is 3.18. The number of anilines is 1. The summed E-state index contributed by atoms with van der Waals surface area (Å²) in [7, 11) is 0. The first-order chi connectivity index (χ1) is 9.53. The van der Waals surface area contributed by atoms with Crippen LogP contribution in [0.3, 0.4) is 0 Å². The van der Waals surface area contributed by atoms with Gasteiger partial charge in [0.05, 0.1) is 12.0 Å². The lowest BCUT2D eigenvalue weighted by molar-refractivity contribution is -0.138. The lowest BCUT2D eigenvalue weighted by atomic mass is 9.93. The number of nitrogens with one attached hydrogen (secondary N) is 2. The number of amides is 2. The zero-order chi connectivity index (χ0) is 14.6. The van der Waals surface area contributed by atoms with E-state index in [0.717, 1.165) is 24.3 Å². The number of aliphatic carboxylic acids is 1. The molecule has 8 heteroatoms. The van der Waals surface area contributed by atoms with Crippen LogP contribution < -0.4 is 10.6 Å². The number of urea groups is 1. The van der Waals surface area contributed by atoms with Gasteiger partial charge in [-0.2, -0.15) is 0 Å². The largest absolute Gasteiger partial charge is 0.481 e. The summed E-state index contributed by atoms with van der Waals surface area (Å²) < 4.78 is 0. The van der Waals surface area contributed by atoms with Gasteiger partial charge in [0.25, 0.3) is 0 Å². The molecule has 20 heavy (non-hydrogen) atoms. The fourth-order valence-electron chi connectivity index (χ4n) is 2.50. The highest BCUT2D eigenvalue weighted by molar-refractivity contribution is 7.15. The average Bonchev–Trinajstić information content (AvgIpc) is 2.98. The molecule has 0 atom stereocenters. The van der Waals surface area contributed by atoms with Crippen LogP contribution in [0.25, 0.3) is 0 Å². The van der Waals surface area contributed by atoms with Crippen molar-refractivity contribution in [2.24, 2.45) is 0 Å². The Labute approximate surface area is 120 Å². The molecule has 1 fully saturated rings. The van der Waals surface area contributed by atoms with E-state index < -0.39 is 17.5 Å². The summed E-state index contributed by atoms with van der Waals surface area (Å²) in [4.78, 5) is 22.9. The maximum absolute atomic E-state index is 12.0. The van der Waals surface area contributed by atoms with Crippen molar-refractivity contribution in [2.75, 3.05) is 5.32 Å². The Morgan fingerprint density at radius 1 is 1.35 bits per heavy atom. The predicted octanol–water partition coefficient (Wildman–Crippen LogP) is 2.01.